The zero-order valence-electron chi connectivity index (χ0n) is 16.2. The van der Waals surface area contributed by atoms with Crippen LogP contribution >= 0.6 is 0 Å². The number of ether oxygens (including phenoxy) is 2. The van der Waals surface area contributed by atoms with Crippen molar-refractivity contribution < 1.29 is 19.3 Å². The lowest BCUT2D eigenvalue weighted by Crippen LogP contribution is -3.28. The molecule has 0 unspecified atom stereocenters. The van der Waals surface area contributed by atoms with E-state index < -0.39 is 0 Å². The summed E-state index contributed by atoms with van der Waals surface area (Å²) in [6.45, 7) is 10.5. The molecule has 1 aromatic carbocycles. The number of benzene rings is 1. The third-order valence-electron chi connectivity index (χ3n) is 5.21. The number of nitrogens with one attached hydrogen (secondary N) is 2. The van der Waals surface area contributed by atoms with Gasteiger partial charge in [-0.15, -0.1) is 5.10 Å². The second-order valence-electron chi connectivity index (χ2n) is 6.86. The van der Waals surface area contributed by atoms with E-state index in [9.17, 15) is 0 Å². The molecule has 1 aliphatic heterocycles. The van der Waals surface area contributed by atoms with Crippen LogP contribution in [0.25, 0.3) is 0 Å². The first-order valence-corrected chi connectivity index (χ1v) is 9.44. The number of aromatic nitrogens is 4. The Balaban J connectivity index is 1.87. The lowest BCUT2D eigenvalue weighted by molar-refractivity contribution is -1.02. The Bertz CT molecular complexity index is 709. The van der Waals surface area contributed by atoms with Crippen LogP contribution in [0.2, 0.25) is 0 Å². The molecule has 27 heavy (non-hydrogen) atoms. The first kappa shape index (κ1) is 19.5. The molecule has 8 nitrogen and oxygen atoms in total. The molecular weight excluding hydrogens is 344 g/mol. The summed E-state index contributed by atoms with van der Waals surface area (Å²) in [7, 11) is 3.38. The van der Waals surface area contributed by atoms with E-state index in [0.29, 0.717) is 13.2 Å². The van der Waals surface area contributed by atoms with Gasteiger partial charge in [-0.25, -0.2) is 4.68 Å². The Morgan fingerprint density at radius 3 is 2.56 bits per heavy atom. The van der Waals surface area contributed by atoms with Crippen molar-refractivity contribution >= 4 is 0 Å². The number of quaternary nitrogens is 2. The smallest absolute Gasteiger partial charge is 0.214 e. The topological polar surface area (TPSA) is 70.9 Å². The largest absolute Gasteiger partial charge is 0.497 e. The molecule has 0 radical (unpaired) electrons. The number of hydrogen-bond donors (Lipinski definition) is 2. The Morgan fingerprint density at radius 2 is 1.93 bits per heavy atom. The van der Waals surface area contributed by atoms with Crippen molar-refractivity contribution in [3.8, 4) is 5.75 Å². The lowest BCUT2D eigenvalue weighted by atomic mass is 10.0. The molecule has 0 saturated carbocycles. The number of nitrogens with zero attached hydrogens (tertiary/aromatic N) is 4. The molecule has 1 aromatic heterocycles. The van der Waals surface area contributed by atoms with Gasteiger partial charge in [-0.2, -0.15) is 0 Å². The number of tetrazole rings is 1. The van der Waals surface area contributed by atoms with Crippen molar-refractivity contribution in [2.24, 2.45) is 0 Å². The van der Waals surface area contributed by atoms with Crippen LogP contribution in [-0.4, -0.2) is 73.8 Å². The van der Waals surface area contributed by atoms with Crippen molar-refractivity contribution in [2.45, 2.75) is 12.6 Å². The standard InChI is InChI=1S/C19H28N6O2/c1-4-9-23-10-12-24(13-11-23)18(16-5-7-17(27-3)8-6-16)19-20-21-22-25(19)14-15-26-2/h4-8,18H,1,9-15H2,2-3H3/p+2/t18-/m1/s1. The molecule has 0 bridgehead atoms. The van der Waals surface area contributed by atoms with E-state index in [0.717, 1.165) is 44.3 Å². The molecule has 1 saturated heterocycles. The van der Waals surface area contributed by atoms with E-state index in [-0.39, 0.29) is 6.04 Å². The number of rotatable bonds is 9. The maximum atomic E-state index is 5.32. The molecule has 2 N–H and O–H groups in total. The Morgan fingerprint density at radius 1 is 1.19 bits per heavy atom. The summed E-state index contributed by atoms with van der Waals surface area (Å²) in [5.74, 6) is 1.74. The van der Waals surface area contributed by atoms with E-state index in [2.05, 4.69) is 34.2 Å². The summed E-state index contributed by atoms with van der Waals surface area (Å²) in [5, 5.41) is 12.5. The van der Waals surface area contributed by atoms with Gasteiger partial charge in [0.25, 0.3) is 0 Å². The summed E-state index contributed by atoms with van der Waals surface area (Å²) >= 11 is 0. The number of hydrogen-bond acceptors (Lipinski definition) is 5. The Kier molecular flexibility index (Phi) is 6.92. The fourth-order valence-corrected chi connectivity index (χ4v) is 3.74. The van der Waals surface area contributed by atoms with Crippen molar-refractivity contribution in [2.75, 3.05) is 53.6 Å². The minimum atomic E-state index is 0.0908. The van der Waals surface area contributed by atoms with Gasteiger partial charge in [0.1, 0.15) is 31.9 Å². The maximum absolute atomic E-state index is 5.32. The Hall–Kier alpha value is -2.29. The minimum Gasteiger partial charge on any atom is -0.497 e. The molecule has 146 valence electrons. The van der Waals surface area contributed by atoms with Crippen molar-refractivity contribution in [1.82, 2.24) is 20.2 Å². The molecule has 2 heterocycles. The predicted molar refractivity (Wildman–Crippen MR) is 101 cm³/mol. The van der Waals surface area contributed by atoms with Crippen LogP contribution in [0.5, 0.6) is 5.75 Å². The maximum Gasteiger partial charge on any atom is 0.214 e. The zero-order valence-corrected chi connectivity index (χ0v) is 16.2. The van der Waals surface area contributed by atoms with Crippen LogP contribution in [0.1, 0.15) is 17.4 Å². The van der Waals surface area contributed by atoms with Gasteiger partial charge in [-0.1, -0.05) is 6.58 Å². The molecule has 0 amide bonds. The monoisotopic (exact) mass is 374 g/mol. The zero-order chi connectivity index (χ0) is 19.1. The van der Waals surface area contributed by atoms with E-state index >= 15 is 0 Å². The number of methoxy groups -OCH3 is 2. The van der Waals surface area contributed by atoms with Crippen LogP contribution in [0.3, 0.4) is 0 Å². The van der Waals surface area contributed by atoms with E-state index in [1.165, 1.54) is 10.5 Å². The fraction of sp³-hybridized carbons (Fsp3) is 0.526. The van der Waals surface area contributed by atoms with Gasteiger partial charge in [0.05, 0.1) is 26.8 Å². The minimum absolute atomic E-state index is 0.0908. The van der Waals surface area contributed by atoms with Gasteiger partial charge in [0.15, 0.2) is 6.04 Å². The van der Waals surface area contributed by atoms with Crippen molar-refractivity contribution in [1.29, 1.82) is 0 Å². The van der Waals surface area contributed by atoms with Crippen molar-refractivity contribution in [3.63, 3.8) is 0 Å². The quantitative estimate of drug-likeness (QED) is 0.517. The van der Waals surface area contributed by atoms with Gasteiger partial charge >= 0.3 is 0 Å². The number of piperazine rings is 1. The lowest BCUT2D eigenvalue weighted by Gasteiger charge is -2.33. The van der Waals surface area contributed by atoms with Crippen LogP contribution in [0.15, 0.2) is 36.9 Å². The molecule has 1 aliphatic rings. The van der Waals surface area contributed by atoms with Gasteiger partial charge < -0.3 is 19.3 Å². The van der Waals surface area contributed by atoms with E-state index in [1.54, 1.807) is 19.1 Å². The summed E-state index contributed by atoms with van der Waals surface area (Å²) in [6.07, 6.45) is 2.01. The van der Waals surface area contributed by atoms with Gasteiger partial charge in [0, 0.05) is 12.7 Å². The second kappa shape index (κ2) is 9.59. The molecule has 2 aromatic rings. The fourth-order valence-electron chi connectivity index (χ4n) is 3.74. The van der Waals surface area contributed by atoms with Crippen molar-refractivity contribution in [3.05, 3.63) is 48.3 Å². The van der Waals surface area contributed by atoms with Gasteiger partial charge in [0.2, 0.25) is 5.82 Å². The third-order valence-corrected chi connectivity index (χ3v) is 5.21. The first-order valence-electron chi connectivity index (χ1n) is 9.44. The molecule has 8 heteroatoms. The summed E-state index contributed by atoms with van der Waals surface area (Å²) < 4.78 is 12.4. The highest BCUT2D eigenvalue weighted by Crippen LogP contribution is 2.20. The van der Waals surface area contributed by atoms with E-state index in [1.807, 2.05) is 22.9 Å². The SMILES string of the molecule is C=CC[NH+]1CC[NH+]([C@H](c2ccc(OC)cc2)c2nnnn2CCOC)CC1. The average Bonchev–Trinajstić information content (AvgIpc) is 3.17. The predicted octanol–water partition coefficient (Wildman–Crippen LogP) is -1.61. The molecular formula is C19H30N6O2+2. The first-order chi connectivity index (χ1) is 13.3. The van der Waals surface area contributed by atoms with Crippen LogP contribution in [0.4, 0.5) is 0 Å². The molecule has 1 atom stereocenters. The molecule has 0 aliphatic carbocycles. The second-order valence-corrected chi connectivity index (χ2v) is 6.86. The van der Waals surface area contributed by atoms with Crippen LogP contribution in [-0.2, 0) is 11.3 Å². The summed E-state index contributed by atoms with van der Waals surface area (Å²) in [4.78, 5) is 3.07. The Labute approximate surface area is 160 Å². The van der Waals surface area contributed by atoms with Crippen LogP contribution in [0, 0.1) is 0 Å². The highest BCUT2D eigenvalue weighted by atomic mass is 16.5. The summed E-state index contributed by atoms with van der Waals surface area (Å²) in [5.41, 5.74) is 1.20. The molecule has 1 fully saturated rings. The molecule has 0 spiro atoms. The average molecular weight is 374 g/mol. The normalized spacial score (nSPS) is 21.0. The van der Waals surface area contributed by atoms with Gasteiger partial charge in [-0.05, 0) is 40.8 Å². The van der Waals surface area contributed by atoms with Gasteiger partial charge in [-0.3, -0.25) is 0 Å². The molecule has 3 rings (SSSR count). The van der Waals surface area contributed by atoms with E-state index in [4.69, 9.17) is 9.47 Å². The summed E-state index contributed by atoms with van der Waals surface area (Å²) in [6, 6.07) is 8.34. The highest BCUT2D eigenvalue weighted by molar-refractivity contribution is 5.30. The third kappa shape index (κ3) is 4.71. The van der Waals surface area contributed by atoms with Crippen LogP contribution < -0.4 is 14.5 Å². The highest BCUT2D eigenvalue weighted by Gasteiger charge is 2.35.